The lowest BCUT2D eigenvalue weighted by atomic mass is 10.0. The fraction of sp³-hybridized carbons (Fsp3) is 0.522. The molecule has 3 heterocycles. The van der Waals surface area contributed by atoms with E-state index in [2.05, 4.69) is 27.3 Å². The summed E-state index contributed by atoms with van der Waals surface area (Å²) in [6.45, 7) is 5.04. The largest absolute Gasteiger partial charge is 0.354 e. The molecule has 0 radical (unpaired) electrons. The zero-order valence-electron chi connectivity index (χ0n) is 18.4. The minimum absolute atomic E-state index is 0.251. The molecule has 2 aliphatic heterocycles. The average Bonchev–Trinajstić information content (AvgIpc) is 2.96. The van der Waals surface area contributed by atoms with Crippen LogP contribution in [0.2, 0.25) is 0 Å². The monoisotopic (exact) mass is 439 g/mol. The Balaban J connectivity index is 1.32. The van der Waals surface area contributed by atoms with Crippen LogP contribution in [0.4, 0.5) is 10.6 Å². The van der Waals surface area contributed by atoms with Gasteiger partial charge < -0.3 is 21.3 Å². The van der Waals surface area contributed by atoms with Crippen LogP contribution in [0, 0.1) is 5.92 Å². The Morgan fingerprint density at radius 1 is 1.12 bits per heavy atom. The van der Waals surface area contributed by atoms with Gasteiger partial charge in [0.1, 0.15) is 5.82 Å². The van der Waals surface area contributed by atoms with Gasteiger partial charge in [-0.1, -0.05) is 12.1 Å². The third kappa shape index (κ3) is 5.53. The van der Waals surface area contributed by atoms with E-state index in [0.29, 0.717) is 31.6 Å². The number of amides is 2. The molecular formula is C23H33N7O2. The second-order valence-electron chi connectivity index (χ2n) is 8.85. The van der Waals surface area contributed by atoms with Crippen LogP contribution < -0.4 is 22.5 Å². The fourth-order valence-electron chi connectivity index (χ4n) is 4.26. The molecule has 172 valence electrons. The van der Waals surface area contributed by atoms with Crippen LogP contribution in [0.25, 0.3) is 5.69 Å². The van der Waals surface area contributed by atoms with Crippen molar-refractivity contribution in [1.29, 1.82) is 0 Å². The first kappa shape index (κ1) is 22.4. The van der Waals surface area contributed by atoms with Gasteiger partial charge in [0.25, 0.3) is 0 Å². The number of likely N-dealkylation sites (tertiary alicyclic amines) is 2. The van der Waals surface area contributed by atoms with Gasteiger partial charge in [-0.15, -0.1) is 0 Å². The van der Waals surface area contributed by atoms with E-state index in [1.807, 2.05) is 12.1 Å². The molecule has 2 amide bonds. The van der Waals surface area contributed by atoms with Crippen LogP contribution in [0.5, 0.6) is 0 Å². The number of carbonyl (C=O) groups excluding carboxylic acids is 1. The molecule has 0 bridgehead atoms. The van der Waals surface area contributed by atoms with Crippen molar-refractivity contribution in [2.24, 2.45) is 17.4 Å². The maximum atomic E-state index is 12.5. The first-order chi connectivity index (χ1) is 15.5. The summed E-state index contributed by atoms with van der Waals surface area (Å²) in [6, 6.07) is 9.69. The molecular weight excluding hydrogens is 406 g/mol. The topological polar surface area (TPSA) is 123 Å². The predicted octanol–water partition coefficient (Wildman–Crippen LogP) is 1.01. The molecule has 2 saturated heterocycles. The molecule has 5 N–H and O–H groups in total. The molecule has 9 heteroatoms. The molecule has 9 nitrogen and oxygen atoms in total. The fourth-order valence-corrected chi connectivity index (χ4v) is 4.26. The third-order valence-corrected chi connectivity index (χ3v) is 6.41. The zero-order chi connectivity index (χ0) is 22.5. The Morgan fingerprint density at radius 2 is 1.91 bits per heavy atom. The third-order valence-electron chi connectivity index (χ3n) is 6.41. The van der Waals surface area contributed by atoms with E-state index < -0.39 is 5.69 Å². The number of rotatable bonds is 6. The number of aromatic nitrogens is 2. The molecule has 32 heavy (non-hydrogen) atoms. The van der Waals surface area contributed by atoms with Crippen molar-refractivity contribution in [2.45, 2.75) is 31.7 Å². The number of benzene rings is 1. The molecule has 4 rings (SSSR count). The standard InChI is InChI=1S/C23H33N7O2/c24-14-18-15-29(16-18)22(31)26-21-9-13-30(23(32)27-21)20-5-3-17(4-6-20)7-11-28-10-1-2-19(25)8-12-28/h3-6,9,13,18-19H,1-2,7-8,10-12,14-16,24-25H2,(H,26,27,31,32). The van der Waals surface area contributed by atoms with E-state index in [0.717, 1.165) is 44.6 Å². The summed E-state index contributed by atoms with van der Waals surface area (Å²) in [5.41, 5.74) is 13.2. The number of nitrogens with two attached hydrogens (primary N) is 2. The normalized spacial score (nSPS) is 19.9. The predicted molar refractivity (Wildman–Crippen MR) is 125 cm³/mol. The highest BCUT2D eigenvalue weighted by atomic mass is 16.2. The van der Waals surface area contributed by atoms with Crippen molar-refractivity contribution >= 4 is 11.8 Å². The van der Waals surface area contributed by atoms with Crippen molar-refractivity contribution in [2.75, 3.05) is 44.6 Å². The number of hydrogen-bond donors (Lipinski definition) is 3. The molecule has 1 aromatic carbocycles. The van der Waals surface area contributed by atoms with Crippen molar-refractivity contribution in [3.05, 3.63) is 52.6 Å². The van der Waals surface area contributed by atoms with Crippen LogP contribution in [0.1, 0.15) is 24.8 Å². The highest BCUT2D eigenvalue weighted by molar-refractivity contribution is 5.88. The van der Waals surface area contributed by atoms with E-state index in [1.165, 1.54) is 16.6 Å². The molecule has 2 aromatic rings. The first-order valence-electron chi connectivity index (χ1n) is 11.4. The van der Waals surface area contributed by atoms with E-state index in [-0.39, 0.29) is 11.8 Å². The lowest BCUT2D eigenvalue weighted by molar-refractivity contribution is 0.135. The van der Waals surface area contributed by atoms with E-state index >= 15 is 0 Å². The highest BCUT2D eigenvalue weighted by Crippen LogP contribution is 2.16. The van der Waals surface area contributed by atoms with Crippen LogP contribution in [-0.2, 0) is 6.42 Å². The Morgan fingerprint density at radius 3 is 2.62 bits per heavy atom. The molecule has 1 unspecified atom stereocenters. The minimum atomic E-state index is -0.431. The molecule has 1 atom stereocenters. The highest BCUT2D eigenvalue weighted by Gasteiger charge is 2.29. The SMILES string of the molecule is NCC1CN(C(=O)Nc2ccn(-c3ccc(CCN4CCCC(N)CC4)cc3)c(=O)n2)C1. The first-order valence-corrected chi connectivity index (χ1v) is 11.4. The smallest absolute Gasteiger partial charge is 0.330 e. The van der Waals surface area contributed by atoms with Gasteiger partial charge in [-0.05, 0) is 69.1 Å². The van der Waals surface area contributed by atoms with Crippen molar-refractivity contribution in [3.8, 4) is 5.69 Å². The number of carbonyl (C=O) groups is 1. The number of anilines is 1. The van der Waals surface area contributed by atoms with Gasteiger partial charge in [0.05, 0.1) is 5.69 Å². The quantitative estimate of drug-likeness (QED) is 0.617. The second kappa shape index (κ2) is 10.2. The van der Waals surface area contributed by atoms with Gasteiger partial charge in [0.15, 0.2) is 0 Å². The average molecular weight is 440 g/mol. The number of nitrogens with one attached hydrogen (secondary N) is 1. The van der Waals surface area contributed by atoms with Crippen molar-refractivity contribution < 1.29 is 4.79 Å². The van der Waals surface area contributed by atoms with E-state index in [4.69, 9.17) is 11.5 Å². The van der Waals surface area contributed by atoms with Gasteiger partial charge in [-0.25, -0.2) is 9.59 Å². The van der Waals surface area contributed by atoms with Gasteiger partial charge in [0, 0.05) is 37.8 Å². The second-order valence-corrected chi connectivity index (χ2v) is 8.85. The summed E-state index contributed by atoms with van der Waals surface area (Å²) in [7, 11) is 0. The summed E-state index contributed by atoms with van der Waals surface area (Å²) < 4.78 is 1.48. The Kier molecular flexibility index (Phi) is 7.19. The summed E-state index contributed by atoms with van der Waals surface area (Å²) in [5, 5.41) is 2.68. The van der Waals surface area contributed by atoms with E-state index in [1.54, 1.807) is 17.2 Å². The lowest BCUT2D eigenvalue weighted by Gasteiger charge is -2.38. The van der Waals surface area contributed by atoms with Crippen LogP contribution in [0.15, 0.2) is 41.3 Å². The molecule has 2 fully saturated rings. The Labute approximate surface area is 188 Å². The summed E-state index contributed by atoms with van der Waals surface area (Å²) >= 11 is 0. The van der Waals surface area contributed by atoms with Crippen molar-refractivity contribution in [1.82, 2.24) is 19.4 Å². The minimum Gasteiger partial charge on any atom is -0.330 e. The van der Waals surface area contributed by atoms with Crippen LogP contribution >= 0.6 is 0 Å². The Bertz CT molecular complexity index is 969. The van der Waals surface area contributed by atoms with Crippen molar-refractivity contribution in [3.63, 3.8) is 0 Å². The van der Waals surface area contributed by atoms with Gasteiger partial charge in [-0.3, -0.25) is 9.88 Å². The molecule has 0 saturated carbocycles. The van der Waals surface area contributed by atoms with Gasteiger partial charge in [-0.2, -0.15) is 4.98 Å². The lowest BCUT2D eigenvalue weighted by Crippen LogP contribution is -2.54. The number of nitrogens with zero attached hydrogens (tertiary/aromatic N) is 4. The van der Waals surface area contributed by atoms with Crippen LogP contribution in [-0.4, -0.2) is 70.7 Å². The van der Waals surface area contributed by atoms with Gasteiger partial charge >= 0.3 is 11.7 Å². The summed E-state index contributed by atoms with van der Waals surface area (Å²) in [6.07, 6.45) is 5.95. The maximum Gasteiger partial charge on any atom is 0.354 e. The molecule has 2 aliphatic rings. The summed E-state index contributed by atoms with van der Waals surface area (Å²) in [4.78, 5) is 32.8. The summed E-state index contributed by atoms with van der Waals surface area (Å²) in [5.74, 6) is 0.605. The molecule has 0 spiro atoms. The zero-order valence-corrected chi connectivity index (χ0v) is 18.4. The van der Waals surface area contributed by atoms with Crippen LogP contribution in [0.3, 0.4) is 0 Å². The number of hydrogen-bond acceptors (Lipinski definition) is 6. The maximum absolute atomic E-state index is 12.5. The molecule has 0 aliphatic carbocycles. The molecule has 1 aromatic heterocycles. The van der Waals surface area contributed by atoms with Gasteiger partial charge in [0.2, 0.25) is 0 Å². The Hall–Kier alpha value is -2.75. The number of urea groups is 1. The van der Waals surface area contributed by atoms with E-state index in [9.17, 15) is 9.59 Å².